The number of aromatic hydroxyl groups is 1. The third-order valence-electron chi connectivity index (χ3n) is 7.05. The molecule has 1 radical (unpaired) electrons. The van der Waals surface area contributed by atoms with Crippen molar-refractivity contribution in [2.45, 2.75) is 47.0 Å². The van der Waals surface area contributed by atoms with E-state index in [1.807, 2.05) is 18.3 Å². The van der Waals surface area contributed by atoms with Gasteiger partial charge in [0.25, 0.3) is 0 Å². The Bertz CT molecular complexity index is 1830. The van der Waals surface area contributed by atoms with E-state index in [0.29, 0.717) is 17.4 Å². The number of aromatic nitrogens is 1. The zero-order valence-electron chi connectivity index (χ0n) is 24.0. The number of ketones is 1. The quantitative estimate of drug-likeness (QED) is 0.142. The van der Waals surface area contributed by atoms with Gasteiger partial charge in [-0.15, -0.1) is 17.7 Å². The average Bonchev–Trinajstić information content (AvgIpc) is 3.31. The third kappa shape index (κ3) is 6.43. The number of furan rings is 1. The zero-order chi connectivity index (χ0) is 28.4. The van der Waals surface area contributed by atoms with Crippen LogP contribution in [0.5, 0.6) is 5.75 Å². The first-order valence-electron chi connectivity index (χ1n) is 13.8. The molecule has 4 nitrogen and oxygen atoms in total. The van der Waals surface area contributed by atoms with Crippen molar-refractivity contribution in [1.82, 2.24) is 4.98 Å². The van der Waals surface area contributed by atoms with E-state index in [4.69, 9.17) is 14.5 Å². The van der Waals surface area contributed by atoms with Crippen LogP contribution in [0, 0.1) is 12.0 Å². The Morgan fingerprint density at radius 3 is 2.32 bits per heavy atom. The van der Waals surface area contributed by atoms with E-state index in [1.165, 1.54) is 29.5 Å². The monoisotopic (exact) mass is 721 g/mol. The third-order valence-corrected chi connectivity index (χ3v) is 7.05. The van der Waals surface area contributed by atoms with Crippen LogP contribution in [0.15, 0.2) is 89.5 Å². The summed E-state index contributed by atoms with van der Waals surface area (Å²) in [6, 6.07) is 29.4. The maximum atomic E-state index is 10.7. The summed E-state index contributed by atoms with van der Waals surface area (Å²) in [6.07, 6.45) is 2.98. The van der Waals surface area contributed by atoms with Crippen LogP contribution >= 0.6 is 0 Å². The molecule has 0 amide bonds. The number of carbonyl (C=O) groups excluding carboxylic acids is 1. The Balaban J connectivity index is 0.000000300. The summed E-state index contributed by atoms with van der Waals surface area (Å²) >= 11 is 0. The Kier molecular flexibility index (Phi) is 9.42. The van der Waals surface area contributed by atoms with Crippen molar-refractivity contribution < 1.29 is 34.4 Å². The summed E-state index contributed by atoms with van der Waals surface area (Å²) in [5.41, 5.74) is 6.59. The fraction of sp³-hybridized carbons (Fsp3) is 0.222. The number of fused-ring (bicyclic) bond motifs is 4. The van der Waals surface area contributed by atoms with Gasteiger partial charge in [0.1, 0.15) is 11.3 Å². The maximum absolute atomic E-state index is 10.7. The molecule has 0 unspecified atom stereocenters. The van der Waals surface area contributed by atoms with Crippen molar-refractivity contribution in [3.8, 4) is 17.0 Å². The van der Waals surface area contributed by atoms with Gasteiger partial charge < -0.3 is 14.5 Å². The molecule has 1 N–H and O–H groups in total. The SMILES string of the molecule is CC(=O)c1ccccc1O.CC(C)Cc1ccc2c(-c3[c-]c(C(C)C)cc4c3oc3ccccc34)nccc2c1.[Ir]. The van der Waals surface area contributed by atoms with Gasteiger partial charge >= 0.3 is 0 Å². The largest absolute Gasteiger partial charge is 0.507 e. The average molecular weight is 721 g/mol. The van der Waals surface area contributed by atoms with E-state index in [-0.39, 0.29) is 31.6 Å². The predicted octanol–water partition coefficient (Wildman–Crippen LogP) is 9.52. The second kappa shape index (κ2) is 12.8. The second-order valence-corrected chi connectivity index (χ2v) is 11.0. The number of carbonyl (C=O) groups is 1. The van der Waals surface area contributed by atoms with Gasteiger partial charge in [-0.2, -0.15) is 0 Å². The summed E-state index contributed by atoms with van der Waals surface area (Å²) in [6.45, 7) is 10.4. The molecule has 4 aromatic carbocycles. The number of phenolic OH excluding ortho intramolecular Hbond substituents is 1. The van der Waals surface area contributed by atoms with E-state index in [9.17, 15) is 4.79 Å². The van der Waals surface area contributed by atoms with Crippen molar-refractivity contribution >= 4 is 38.5 Å². The van der Waals surface area contributed by atoms with Crippen LogP contribution in [0.25, 0.3) is 44.0 Å². The number of nitrogens with zero attached hydrogens (tertiary/aromatic N) is 1. The first kappa shape index (κ1) is 30.2. The number of benzene rings is 4. The molecule has 41 heavy (non-hydrogen) atoms. The molecule has 6 aromatic rings. The van der Waals surface area contributed by atoms with E-state index in [1.54, 1.807) is 18.2 Å². The minimum absolute atomic E-state index is 0. The van der Waals surface area contributed by atoms with Crippen LogP contribution in [0.3, 0.4) is 0 Å². The van der Waals surface area contributed by atoms with E-state index >= 15 is 0 Å². The van der Waals surface area contributed by atoms with Gasteiger partial charge in [0.2, 0.25) is 0 Å². The molecule has 0 aliphatic rings. The summed E-state index contributed by atoms with van der Waals surface area (Å²) < 4.78 is 6.33. The summed E-state index contributed by atoms with van der Waals surface area (Å²) in [7, 11) is 0. The van der Waals surface area contributed by atoms with Gasteiger partial charge in [-0.3, -0.25) is 4.79 Å². The number of phenols is 1. The van der Waals surface area contributed by atoms with Crippen molar-refractivity contribution in [3.63, 3.8) is 0 Å². The van der Waals surface area contributed by atoms with Crippen LogP contribution in [0.2, 0.25) is 0 Å². The molecule has 0 aliphatic heterocycles. The summed E-state index contributed by atoms with van der Waals surface area (Å²) in [5.74, 6) is 0.942. The fourth-order valence-electron chi connectivity index (χ4n) is 5.06. The van der Waals surface area contributed by atoms with Crippen molar-refractivity contribution in [1.29, 1.82) is 0 Å². The smallest absolute Gasteiger partial charge is 0.163 e. The van der Waals surface area contributed by atoms with Gasteiger partial charge in [-0.25, -0.2) is 0 Å². The minimum Gasteiger partial charge on any atom is -0.507 e. The molecule has 0 fully saturated rings. The molecule has 5 heteroatoms. The van der Waals surface area contributed by atoms with Crippen molar-refractivity contribution in [3.05, 3.63) is 108 Å². The number of Topliss-reactive ketones (excluding diaryl/α,β-unsaturated/α-hetero) is 1. The number of pyridine rings is 1. The molecule has 0 saturated heterocycles. The Morgan fingerprint density at radius 2 is 1.63 bits per heavy atom. The number of para-hydroxylation sites is 2. The van der Waals surface area contributed by atoms with Crippen LogP contribution in [-0.2, 0) is 26.5 Å². The molecule has 2 heterocycles. The summed E-state index contributed by atoms with van der Waals surface area (Å²) in [4.78, 5) is 15.5. The molecule has 0 saturated carbocycles. The number of hydrogen-bond donors (Lipinski definition) is 1. The standard InChI is InChI=1S/C28H26NO.C8H8O2.Ir/c1-17(2)13-19-9-10-22-20(14-19)11-12-29-27(22)25-16-21(18(3)4)15-24-23-7-5-6-8-26(23)30-28(24)25;1-6(9)7-4-2-3-5-8(7)10;/h5-12,14-15,17-18H,13H2,1-4H3;2-5,10H,1H3;/q-1;;. The van der Waals surface area contributed by atoms with Gasteiger partial charge in [0.05, 0.1) is 11.1 Å². The number of rotatable bonds is 5. The van der Waals surface area contributed by atoms with Gasteiger partial charge in [0.15, 0.2) is 5.78 Å². The van der Waals surface area contributed by atoms with Crippen molar-refractivity contribution in [2.75, 3.05) is 0 Å². The zero-order valence-corrected chi connectivity index (χ0v) is 26.4. The molecule has 0 aliphatic carbocycles. The Labute approximate surface area is 254 Å². The molecular formula is C36H34IrNO3-. The van der Waals surface area contributed by atoms with Crippen LogP contribution in [0.4, 0.5) is 0 Å². The molecule has 0 atom stereocenters. The van der Waals surface area contributed by atoms with Crippen molar-refractivity contribution in [2.24, 2.45) is 5.92 Å². The molecule has 211 valence electrons. The normalized spacial score (nSPS) is 11.1. The predicted molar refractivity (Wildman–Crippen MR) is 164 cm³/mol. The second-order valence-electron chi connectivity index (χ2n) is 11.0. The number of hydrogen-bond acceptors (Lipinski definition) is 4. The van der Waals surface area contributed by atoms with Crippen LogP contribution in [0.1, 0.15) is 62.0 Å². The molecular weight excluding hydrogens is 687 g/mol. The Morgan fingerprint density at radius 1 is 0.902 bits per heavy atom. The first-order valence-corrected chi connectivity index (χ1v) is 13.8. The fourth-order valence-corrected chi connectivity index (χ4v) is 5.06. The molecule has 2 aromatic heterocycles. The van der Waals surface area contributed by atoms with E-state index in [0.717, 1.165) is 45.0 Å². The van der Waals surface area contributed by atoms with E-state index in [2.05, 4.69) is 76.2 Å². The van der Waals surface area contributed by atoms with Gasteiger partial charge in [-0.1, -0.05) is 87.2 Å². The molecule has 6 rings (SSSR count). The molecule has 0 bridgehead atoms. The topological polar surface area (TPSA) is 63.3 Å². The van der Waals surface area contributed by atoms with E-state index < -0.39 is 0 Å². The van der Waals surface area contributed by atoms with Gasteiger partial charge in [-0.05, 0) is 71.5 Å². The van der Waals surface area contributed by atoms with Crippen LogP contribution < -0.4 is 0 Å². The first-order chi connectivity index (χ1) is 19.2. The van der Waals surface area contributed by atoms with Crippen LogP contribution in [-0.4, -0.2) is 15.9 Å². The molecule has 0 spiro atoms. The summed E-state index contributed by atoms with van der Waals surface area (Å²) in [5, 5.41) is 13.7. The maximum Gasteiger partial charge on any atom is 0.163 e. The van der Waals surface area contributed by atoms with Gasteiger partial charge in [0, 0.05) is 31.7 Å². The minimum atomic E-state index is -0.113. The Hall–Kier alpha value is -3.79.